The Balaban J connectivity index is 2.16. The number of benzene rings is 1. The molecule has 0 fully saturated rings. The maximum absolute atomic E-state index is 4.65. The molecule has 0 aliphatic heterocycles. The molecule has 0 amide bonds. The zero-order valence-corrected chi connectivity index (χ0v) is 11.8. The molecule has 0 spiro atoms. The van der Waals surface area contributed by atoms with Crippen molar-refractivity contribution in [1.29, 1.82) is 0 Å². The van der Waals surface area contributed by atoms with Crippen LogP contribution in [0.5, 0.6) is 0 Å². The van der Waals surface area contributed by atoms with Crippen molar-refractivity contribution in [2.45, 2.75) is 0 Å². The molecule has 1 aromatic carbocycles. The Kier molecular flexibility index (Phi) is 2.93. The molecule has 0 atom stereocenters. The summed E-state index contributed by atoms with van der Waals surface area (Å²) in [6, 6.07) is 7.95. The first-order valence-electron chi connectivity index (χ1n) is 5.55. The Labute approximate surface area is 113 Å². The van der Waals surface area contributed by atoms with E-state index >= 15 is 0 Å². The first kappa shape index (κ1) is 11.5. The lowest BCUT2D eigenvalue weighted by atomic mass is 10.3. The van der Waals surface area contributed by atoms with Crippen molar-refractivity contribution in [2.75, 3.05) is 14.1 Å². The number of para-hydroxylation sites is 2. The molecule has 5 heteroatoms. The number of nitrogens with zero attached hydrogens (tertiary/aromatic N) is 3. The smallest absolute Gasteiger partial charge is 0.252 e. The van der Waals surface area contributed by atoms with Gasteiger partial charge < -0.3 is 0 Å². The predicted octanol–water partition coefficient (Wildman–Crippen LogP) is 2.45. The molecule has 3 nitrogen and oxygen atoms in total. The fourth-order valence-corrected chi connectivity index (χ4v) is 3.69. The van der Waals surface area contributed by atoms with Gasteiger partial charge in [0.25, 0.3) is 0 Å². The molecule has 2 aromatic heterocycles. The van der Waals surface area contributed by atoms with Gasteiger partial charge in [0.2, 0.25) is 0 Å². The SMILES string of the molecule is C[N+](C)=c1scc(-c2cnc3ccccc3n2)s1. The van der Waals surface area contributed by atoms with Gasteiger partial charge >= 0.3 is 3.98 Å². The Morgan fingerprint density at radius 3 is 2.61 bits per heavy atom. The van der Waals surface area contributed by atoms with Crippen molar-refractivity contribution in [3.8, 4) is 10.6 Å². The van der Waals surface area contributed by atoms with Crippen LogP contribution in [0, 0.1) is 0 Å². The van der Waals surface area contributed by atoms with Gasteiger partial charge in [0.1, 0.15) is 19.8 Å². The third-order valence-corrected chi connectivity index (χ3v) is 5.23. The zero-order chi connectivity index (χ0) is 12.5. The molecule has 18 heavy (non-hydrogen) atoms. The summed E-state index contributed by atoms with van der Waals surface area (Å²) in [5, 5.41) is 2.14. The Hall–Kier alpha value is -1.59. The largest absolute Gasteiger partial charge is 0.314 e. The molecule has 0 bridgehead atoms. The maximum atomic E-state index is 4.65. The summed E-state index contributed by atoms with van der Waals surface area (Å²) in [4.78, 5) is 10.3. The van der Waals surface area contributed by atoms with Gasteiger partial charge in [-0.1, -0.05) is 34.8 Å². The molecule has 3 aromatic rings. The van der Waals surface area contributed by atoms with E-state index in [9.17, 15) is 0 Å². The van der Waals surface area contributed by atoms with Gasteiger partial charge in [0.15, 0.2) is 0 Å². The Bertz CT molecular complexity index is 767. The van der Waals surface area contributed by atoms with E-state index in [1.807, 2.05) is 30.5 Å². The first-order valence-corrected chi connectivity index (χ1v) is 7.25. The summed E-state index contributed by atoms with van der Waals surface area (Å²) in [5.74, 6) is 0. The van der Waals surface area contributed by atoms with E-state index in [4.69, 9.17) is 0 Å². The molecule has 0 saturated carbocycles. The molecule has 0 unspecified atom stereocenters. The summed E-state index contributed by atoms with van der Waals surface area (Å²) in [6.07, 6.45) is 1.85. The summed E-state index contributed by atoms with van der Waals surface area (Å²) in [6.45, 7) is 0. The number of aromatic nitrogens is 2. The van der Waals surface area contributed by atoms with Crippen LogP contribution in [0.3, 0.4) is 0 Å². The molecule has 0 aliphatic carbocycles. The average Bonchev–Trinajstić information content (AvgIpc) is 2.88. The Morgan fingerprint density at radius 1 is 1.11 bits per heavy atom. The van der Waals surface area contributed by atoms with Gasteiger partial charge in [-0.15, -0.1) is 0 Å². The number of fused-ring (bicyclic) bond motifs is 1. The van der Waals surface area contributed by atoms with E-state index in [0.29, 0.717) is 0 Å². The van der Waals surface area contributed by atoms with Crippen molar-refractivity contribution >= 4 is 33.7 Å². The number of hydrogen-bond donors (Lipinski definition) is 0. The average molecular weight is 274 g/mol. The summed E-state index contributed by atoms with van der Waals surface area (Å²) < 4.78 is 3.38. The third-order valence-electron chi connectivity index (χ3n) is 2.53. The highest BCUT2D eigenvalue weighted by Gasteiger charge is 2.07. The zero-order valence-electron chi connectivity index (χ0n) is 10.1. The van der Waals surface area contributed by atoms with Gasteiger partial charge in [0, 0.05) is 5.38 Å². The standard InChI is InChI=1S/C13H12N3S2/c1-16(2)13-17-8-12(18-13)11-7-14-9-5-3-4-6-10(9)15-11/h3-8H,1-2H3/q+1. The molecule has 0 radical (unpaired) electrons. The van der Waals surface area contributed by atoms with E-state index in [0.717, 1.165) is 16.7 Å². The maximum Gasteiger partial charge on any atom is 0.314 e. The van der Waals surface area contributed by atoms with Crippen LogP contribution in [0.15, 0.2) is 35.8 Å². The summed E-state index contributed by atoms with van der Waals surface area (Å²) >= 11 is 3.48. The van der Waals surface area contributed by atoms with E-state index in [-0.39, 0.29) is 0 Å². The molecule has 0 N–H and O–H groups in total. The highest BCUT2D eigenvalue weighted by atomic mass is 32.2. The molecule has 3 rings (SSSR count). The van der Waals surface area contributed by atoms with Crippen molar-refractivity contribution < 1.29 is 0 Å². The lowest BCUT2D eigenvalue weighted by Crippen LogP contribution is -2.14. The fourth-order valence-electron chi connectivity index (χ4n) is 1.63. The lowest BCUT2D eigenvalue weighted by molar-refractivity contribution is 0.844. The van der Waals surface area contributed by atoms with Crippen molar-refractivity contribution in [1.82, 2.24) is 14.5 Å². The monoisotopic (exact) mass is 274 g/mol. The minimum Gasteiger partial charge on any atom is -0.252 e. The van der Waals surface area contributed by atoms with Crippen molar-refractivity contribution in [2.24, 2.45) is 0 Å². The fraction of sp³-hybridized carbons (Fsp3) is 0.154. The van der Waals surface area contributed by atoms with Gasteiger partial charge in [-0.2, -0.15) is 0 Å². The summed E-state index contributed by atoms with van der Waals surface area (Å²) in [5.41, 5.74) is 2.83. The van der Waals surface area contributed by atoms with Crippen LogP contribution in [0.1, 0.15) is 0 Å². The van der Waals surface area contributed by atoms with Crippen LogP contribution < -0.4 is 8.56 Å². The molecule has 2 heterocycles. The Morgan fingerprint density at radius 2 is 1.89 bits per heavy atom. The quantitative estimate of drug-likeness (QED) is 0.638. The van der Waals surface area contributed by atoms with Crippen LogP contribution >= 0.6 is 22.7 Å². The number of hydrogen-bond acceptors (Lipinski definition) is 4. The second kappa shape index (κ2) is 4.59. The molecule has 0 aliphatic rings. The van der Waals surface area contributed by atoms with E-state index in [2.05, 4.69) is 34.0 Å². The van der Waals surface area contributed by atoms with Crippen LogP contribution in [-0.2, 0) is 0 Å². The third kappa shape index (κ3) is 2.07. The molecule has 90 valence electrons. The minimum atomic E-state index is 0.939. The van der Waals surface area contributed by atoms with E-state index in [1.165, 1.54) is 8.86 Å². The normalized spacial score (nSPS) is 10.8. The van der Waals surface area contributed by atoms with Crippen molar-refractivity contribution in [3.63, 3.8) is 0 Å². The van der Waals surface area contributed by atoms with Gasteiger partial charge in [0.05, 0.1) is 22.1 Å². The lowest BCUT2D eigenvalue weighted by Gasteiger charge is -1.98. The topological polar surface area (TPSA) is 28.8 Å². The second-order valence-corrected chi connectivity index (χ2v) is 6.25. The van der Waals surface area contributed by atoms with Crippen LogP contribution in [0.25, 0.3) is 21.6 Å². The van der Waals surface area contributed by atoms with Crippen molar-refractivity contribution in [3.05, 3.63) is 39.8 Å². The molecule has 0 saturated heterocycles. The second-order valence-electron chi connectivity index (χ2n) is 4.11. The van der Waals surface area contributed by atoms with Crippen LogP contribution in [0.2, 0.25) is 0 Å². The van der Waals surface area contributed by atoms with Gasteiger partial charge in [-0.25, -0.2) is 9.56 Å². The highest BCUT2D eigenvalue weighted by molar-refractivity contribution is 7.28. The summed E-state index contributed by atoms with van der Waals surface area (Å²) in [7, 11) is 4.11. The molecular weight excluding hydrogens is 262 g/mol. The molecular formula is C13H12N3S2+. The van der Waals surface area contributed by atoms with Crippen LogP contribution in [-0.4, -0.2) is 24.1 Å². The van der Waals surface area contributed by atoms with Gasteiger partial charge in [-0.05, 0) is 12.1 Å². The first-order chi connectivity index (χ1) is 8.74. The minimum absolute atomic E-state index is 0.939. The van der Waals surface area contributed by atoms with Crippen LogP contribution in [0.4, 0.5) is 0 Å². The number of rotatable bonds is 1. The highest BCUT2D eigenvalue weighted by Crippen LogP contribution is 2.22. The predicted molar refractivity (Wildman–Crippen MR) is 77.8 cm³/mol. The van der Waals surface area contributed by atoms with Gasteiger partial charge in [-0.3, -0.25) is 4.98 Å². The van der Waals surface area contributed by atoms with E-state index < -0.39 is 0 Å². The van der Waals surface area contributed by atoms with E-state index in [1.54, 1.807) is 22.7 Å².